The van der Waals surface area contributed by atoms with Gasteiger partial charge >= 0.3 is 6.18 Å². The van der Waals surface area contributed by atoms with E-state index in [9.17, 15) is 27.6 Å². The molecule has 7 nitrogen and oxygen atoms in total. The Morgan fingerprint density at radius 1 is 0.878 bits per heavy atom. The smallest absolute Gasteiger partial charge is 0.416 e. The fourth-order valence-electron chi connectivity index (χ4n) is 5.39. The average Bonchev–Trinajstić information content (AvgIpc) is 3.41. The lowest BCUT2D eigenvalue weighted by molar-refractivity contribution is -0.137. The molecular weight excluding hydrogens is 535 g/mol. The first-order valence-electron chi connectivity index (χ1n) is 13.5. The van der Waals surface area contributed by atoms with Crippen LogP contribution in [-0.2, 0) is 11.0 Å². The number of hydrogen-bond acceptors (Lipinski definition) is 4. The molecule has 2 aliphatic rings. The van der Waals surface area contributed by atoms with Gasteiger partial charge in [-0.1, -0.05) is 17.7 Å². The minimum Gasteiger partial charge on any atom is -0.457 e. The van der Waals surface area contributed by atoms with Crippen LogP contribution in [0.5, 0.6) is 11.5 Å². The van der Waals surface area contributed by atoms with Gasteiger partial charge in [-0.3, -0.25) is 14.4 Å². The quantitative estimate of drug-likeness (QED) is 0.440. The zero-order valence-electron chi connectivity index (χ0n) is 22.5. The summed E-state index contributed by atoms with van der Waals surface area (Å²) in [5.74, 6) is 0.161. The van der Waals surface area contributed by atoms with Gasteiger partial charge in [-0.15, -0.1) is 0 Å². The number of piperidine rings is 1. The lowest BCUT2D eigenvalue weighted by Crippen LogP contribution is -2.48. The fraction of sp³-hybridized carbons (Fsp3) is 0.323. The van der Waals surface area contributed by atoms with Gasteiger partial charge in [0.05, 0.1) is 18.2 Å². The van der Waals surface area contributed by atoms with Gasteiger partial charge in [0.2, 0.25) is 5.91 Å². The predicted octanol–water partition coefficient (Wildman–Crippen LogP) is 5.30. The lowest BCUT2D eigenvalue weighted by atomic mass is 9.91. The van der Waals surface area contributed by atoms with E-state index in [4.69, 9.17) is 4.74 Å². The molecule has 3 amide bonds. The molecule has 0 saturated carbocycles. The van der Waals surface area contributed by atoms with Gasteiger partial charge in [0, 0.05) is 30.8 Å². The monoisotopic (exact) mass is 565 g/mol. The molecule has 2 fully saturated rings. The molecule has 2 heterocycles. The van der Waals surface area contributed by atoms with Crippen LogP contribution in [0.25, 0.3) is 0 Å². The molecule has 3 aromatic carbocycles. The van der Waals surface area contributed by atoms with Crippen molar-refractivity contribution in [1.82, 2.24) is 15.1 Å². The van der Waals surface area contributed by atoms with Crippen LogP contribution in [0.3, 0.4) is 0 Å². The largest absolute Gasteiger partial charge is 0.457 e. The Morgan fingerprint density at radius 2 is 1.49 bits per heavy atom. The number of fused-ring (bicyclic) bond motifs is 1. The molecule has 0 aliphatic carbocycles. The number of halogens is 3. The van der Waals surface area contributed by atoms with Crippen LogP contribution in [-0.4, -0.2) is 59.7 Å². The van der Waals surface area contributed by atoms with E-state index in [0.717, 1.165) is 30.5 Å². The number of rotatable bonds is 6. The number of carbonyl (C=O) groups excluding carboxylic acids is 3. The normalized spacial score (nSPS) is 18.5. The van der Waals surface area contributed by atoms with Crippen LogP contribution in [0.2, 0.25) is 0 Å². The van der Waals surface area contributed by atoms with E-state index in [0.29, 0.717) is 36.5 Å². The molecule has 3 aromatic rings. The van der Waals surface area contributed by atoms with Crippen LogP contribution in [0.1, 0.15) is 44.7 Å². The predicted molar refractivity (Wildman–Crippen MR) is 146 cm³/mol. The summed E-state index contributed by atoms with van der Waals surface area (Å²) in [6.45, 7) is 3.34. The van der Waals surface area contributed by atoms with Crippen molar-refractivity contribution in [3.05, 3.63) is 95.1 Å². The molecule has 10 heteroatoms. The summed E-state index contributed by atoms with van der Waals surface area (Å²) in [6, 6.07) is 17.9. The van der Waals surface area contributed by atoms with Crippen LogP contribution < -0.4 is 10.1 Å². The van der Waals surface area contributed by atoms with Gasteiger partial charge in [-0.25, -0.2) is 0 Å². The van der Waals surface area contributed by atoms with Crippen LogP contribution in [0.4, 0.5) is 13.2 Å². The van der Waals surface area contributed by atoms with E-state index in [-0.39, 0.29) is 42.0 Å². The maximum Gasteiger partial charge on any atom is 0.416 e. The number of benzene rings is 3. The van der Waals surface area contributed by atoms with E-state index in [1.807, 2.05) is 24.0 Å². The minimum absolute atomic E-state index is 0.111. The number of nitrogens with one attached hydrogen (secondary N) is 1. The number of amides is 3. The highest BCUT2D eigenvalue weighted by Gasteiger charge is 2.42. The highest BCUT2D eigenvalue weighted by atomic mass is 19.4. The first-order chi connectivity index (χ1) is 19.6. The second-order valence-electron chi connectivity index (χ2n) is 10.5. The Bertz CT molecular complexity index is 1410. The van der Waals surface area contributed by atoms with Crippen molar-refractivity contribution in [2.75, 3.05) is 26.2 Å². The lowest BCUT2D eigenvalue weighted by Gasteiger charge is -2.36. The van der Waals surface area contributed by atoms with Gasteiger partial charge < -0.3 is 19.9 Å². The molecular formula is C31H30F3N3O4. The third-order valence-corrected chi connectivity index (χ3v) is 7.63. The zero-order chi connectivity index (χ0) is 29.1. The summed E-state index contributed by atoms with van der Waals surface area (Å²) < 4.78 is 44.0. The average molecular weight is 566 g/mol. The second kappa shape index (κ2) is 11.6. The van der Waals surface area contributed by atoms with Crippen molar-refractivity contribution in [3.8, 4) is 11.5 Å². The van der Waals surface area contributed by atoms with Crippen molar-refractivity contribution in [2.45, 2.75) is 32.0 Å². The SMILES string of the molecule is Cc1ccc(C(=O)NCC(=O)N2C[C@H]3CCCN(C(=O)c4ccc(Oc5ccc(C(F)(F)F)cc5)cc4)[C@H]3C2)cc1. The molecule has 2 saturated heterocycles. The highest BCUT2D eigenvalue weighted by molar-refractivity contribution is 5.97. The molecule has 2 atom stereocenters. The summed E-state index contributed by atoms with van der Waals surface area (Å²) in [5, 5.41) is 2.70. The number of nitrogens with zero attached hydrogens (tertiary/aromatic N) is 2. The molecule has 2 aliphatic heterocycles. The molecule has 0 aromatic heterocycles. The van der Waals surface area contributed by atoms with Crippen molar-refractivity contribution in [3.63, 3.8) is 0 Å². The third kappa shape index (κ3) is 6.53. The Hall–Kier alpha value is -4.34. The fourth-order valence-corrected chi connectivity index (χ4v) is 5.39. The minimum atomic E-state index is -4.42. The highest BCUT2D eigenvalue weighted by Crippen LogP contribution is 2.33. The number of aryl methyl sites for hydroxylation is 1. The van der Waals surface area contributed by atoms with Crippen molar-refractivity contribution in [2.24, 2.45) is 5.92 Å². The topological polar surface area (TPSA) is 79.0 Å². The molecule has 1 N–H and O–H groups in total. The molecule has 0 bridgehead atoms. The second-order valence-corrected chi connectivity index (χ2v) is 10.5. The molecule has 214 valence electrons. The van der Waals surface area contributed by atoms with Gasteiger partial charge in [0.1, 0.15) is 11.5 Å². The van der Waals surface area contributed by atoms with Gasteiger partial charge in [-0.2, -0.15) is 13.2 Å². The van der Waals surface area contributed by atoms with Crippen LogP contribution >= 0.6 is 0 Å². The van der Waals surface area contributed by atoms with Gasteiger partial charge in [-0.05, 0) is 86.3 Å². The Kier molecular flexibility index (Phi) is 8.01. The first-order valence-corrected chi connectivity index (χ1v) is 13.5. The van der Waals surface area contributed by atoms with Crippen LogP contribution in [0.15, 0.2) is 72.8 Å². The van der Waals surface area contributed by atoms with Gasteiger partial charge in [0.15, 0.2) is 0 Å². The van der Waals surface area contributed by atoms with E-state index in [1.165, 1.54) is 12.1 Å². The maximum atomic E-state index is 13.4. The number of likely N-dealkylation sites (tertiary alicyclic amines) is 2. The number of alkyl halides is 3. The van der Waals surface area contributed by atoms with Crippen LogP contribution in [0, 0.1) is 12.8 Å². The zero-order valence-corrected chi connectivity index (χ0v) is 22.5. The first kappa shape index (κ1) is 28.2. The Balaban J connectivity index is 1.17. The van der Waals surface area contributed by atoms with Crippen molar-refractivity contribution < 1.29 is 32.3 Å². The number of carbonyl (C=O) groups is 3. The van der Waals surface area contributed by atoms with Gasteiger partial charge in [0.25, 0.3) is 11.8 Å². The summed E-state index contributed by atoms with van der Waals surface area (Å²) in [7, 11) is 0. The molecule has 0 radical (unpaired) electrons. The summed E-state index contributed by atoms with van der Waals surface area (Å²) in [6.07, 6.45) is -2.68. The summed E-state index contributed by atoms with van der Waals surface area (Å²) in [5.41, 5.74) is 1.23. The molecule has 0 unspecified atom stereocenters. The standard InChI is InChI=1S/C31H30F3N3O4/c1-20-4-6-21(7-5-20)29(39)35-17-28(38)36-18-23-3-2-16-37(27(23)19-36)30(40)22-8-12-25(13-9-22)41-26-14-10-24(11-15-26)31(32,33)34/h4-15,23,27H,2-3,16-19H2,1H3,(H,35,39)/t23-,27+/m1/s1. The van der Waals surface area contributed by atoms with Crippen molar-refractivity contribution in [1.29, 1.82) is 0 Å². The van der Waals surface area contributed by atoms with E-state index in [2.05, 4.69) is 5.32 Å². The number of hydrogen-bond donors (Lipinski definition) is 1. The van der Waals surface area contributed by atoms with E-state index >= 15 is 0 Å². The van der Waals surface area contributed by atoms with Crippen molar-refractivity contribution >= 4 is 17.7 Å². The summed E-state index contributed by atoms with van der Waals surface area (Å²) in [4.78, 5) is 42.3. The Morgan fingerprint density at radius 3 is 2.12 bits per heavy atom. The molecule has 5 rings (SSSR count). The molecule has 0 spiro atoms. The number of ether oxygens (including phenoxy) is 1. The maximum absolute atomic E-state index is 13.4. The van der Waals surface area contributed by atoms with E-state index in [1.54, 1.807) is 41.3 Å². The summed E-state index contributed by atoms with van der Waals surface area (Å²) >= 11 is 0. The Labute approximate surface area is 235 Å². The third-order valence-electron chi connectivity index (χ3n) is 7.63. The molecule has 41 heavy (non-hydrogen) atoms. The van der Waals surface area contributed by atoms with E-state index < -0.39 is 11.7 Å².